The van der Waals surface area contributed by atoms with Crippen LogP contribution in [-0.2, 0) is 15.6 Å². The molecule has 0 radical (unpaired) electrons. The Morgan fingerprint density at radius 1 is 1.44 bits per heavy atom. The summed E-state index contributed by atoms with van der Waals surface area (Å²) >= 11 is 0. The van der Waals surface area contributed by atoms with Crippen LogP contribution in [0.2, 0.25) is 0 Å². The van der Waals surface area contributed by atoms with E-state index in [1.807, 2.05) is 6.07 Å². The van der Waals surface area contributed by atoms with Crippen LogP contribution in [0.4, 0.5) is 0 Å². The molecule has 0 aliphatic carbocycles. The van der Waals surface area contributed by atoms with Crippen LogP contribution in [0.3, 0.4) is 0 Å². The predicted octanol–water partition coefficient (Wildman–Crippen LogP) is 1.29. The molecular weight excluding hydrogens is 250 g/mol. The van der Waals surface area contributed by atoms with Crippen molar-refractivity contribution < 1.29 is 8.42 Å². The average molecular weight is 261 g/mol. The summed E-state index contributed by atoms with van der Waals surface area (Å²) < 4.78 is 24.6. The van der Waals surface area contributed by atoms with Gasteiger partial charge in [0.1, 0.15) is 0 Å². The summed E-state index contributed by atoms with van der Waals surface area (Å²) in [6, 6.07) is 6.98. The smallest absolute Gasteiger partial charge is 0.151 e. The first kappa shape index (κ1) is 12.3. The molecule has 0 saturated carbocycles. The molecule has 2 aromatic rings. The first-order valence-electron chi connectivity index (χ1n) is 5.19. The molecule has 1 aromatic carbocycles. The largest absolute Gasteiger partial charge is 0.306 e. The molecular formula is C12H11N3O2S. The van der Waals surface area contributed by atoms with Crippen molar-refractivity contribution in [2.75, 3.05) is 6.26 Å². The Morgan fingerprint density at radius 2 is 2.22 bits per heavy atom. The van der Waals surface area contributed by atoms with E-state index in [0.29, 0.717) is 11.1 Å². The van der Waals surface area contributed by atoms with Crippen LogP contribution in [0.15, 0.2) is 36.9 Å². The molecule has 0 unspecified atom stereocenters. The molecule has 0 N–H and O–H groups in total. The second kappa shape index (κ2) is 4.63. The Balaban J connectivity index is 2.56. The molecule has 0 saturated heterocycles. The Labute approximate surface area is 105 Å². The van der Waals surface area contributed by atoms with Gasteiger partial charge in [-0.3, -0.25) is 0 Å². The minimum absolute atomic E-state index is 0.101. The van der Waals surface area contributed by atoms with Crippen molar-refractivity contribution in [2.45, 2.75) is 5.75 Å². The van der Waals surface area contributed by atoms with Crippen LogP contribution in [0.5, 0.6) is 0 Å². The van der Waals surface area contributed by atoms with Crippen molar-refractivity contribution in [3.8, 4) is 11.8 Å². The van der Waals surface area contributed by atoms with Gasteiger partial charge in [-0.1, -0.05) is 0 Å². The number of nitriles is 1. The Hall–Kier alpha value is -2.13. The highest BCUT2D eigenvalue weighted by molar-refractivity contribution is 7.89. The number of sulfone groups is 1. The van der Waals surface area contributed by atoms with Crippen LogP contribution in [0.1, 0.15) is 11.1 Å². The van der Waals surface area contributed by atoms with Gasteiger partial charge in [-0.25, -0.2) is 13.4 Å². The molecule has 0 amide bonds. The summed E-state index contributed by atoms with van der Waals surface area (Å²) in [7, 11) is -3.16. The number of hydrogen-bond donors (Lipinski definition) is 0. The highest BCUT2D eigenvalue weighted by atomic mass is 32.2. The lowest BCUT2D eigenvalue weighted by Crippen LogP contribution is -2.05. The second-order valence-electron chi connectivity index (χ2n) is 4.00. The first-order chi connectivity index (χ1) is 8.49. The van der Waals surface area contributed by atoms with E-state index in [9.17, 15) is 8.42 Å². The lowest BCUT2D eigenvalue weighted by Gasteiger charge is -2.09. The van der Waals surface area contributed by atoms with Gasteiger partial charge in [-0.05, 0) is 23.8 Å². The molecule has 1 aromatic heterocycles. The number of rotatable bonds is 3. The Kier molecular flexibility index (Phi) is 3.17. The summed E-state index contributed by atoms with van der Waals surface area (Å²) in [6.07, 6.45) is 6.10. The fourth-order valence-electron chi connectivity index (χ4n) is 1.71. The standard InChI is InChI=1S/C12H11N3O2S/c1-18(16,17)8-11-6-10(7-13)2-3-12(11)15-5-4-14-9-15/h2-6,9H,8H2,1H3. The van der Waals surface area contributed by atoms with Crippen molar-refractivity contribution in [2.24, 2.45) is 0 Å². The Bertz CT molecular complexity index is 697. The van der Waals surface area contributed by atoms with E-state index in [-0.39, 0.29) is 5.75 Å². The van der Waals surface area contributed by atoms with Crippen molar-refractivity contribution in [3.63, 3.8) is 0 Å². The molecule has 0 atom stereocenters. The molecule has 5 nitrogen and oxygen atoms in total. The predicted molar refractivity (Wildman–Crippen MR) is 66.8 cm³/mol. The number of imidazole rings is 1. The van der Waals surface area contributed by atoms with Crippen molar-refractivity contribution >= 4 is 9.84 Å². The van der Waals surface area contributed by atoms with Gasteiger partial charge >= 0.3 is 0 Å². The summed E-state index contributed by atoms with van der Waals surface area (Å²) in [5.41, 5.74) is 1.75. The molecule has 1 heterocycles. The summed E-state index contributed by atoms with van der Waals surface area (Å²) in [5.74, 6) is -0.101. The normalized spacial score (nSPS) is 11.1. The van der Waals surface area contributed by atoms with Crippen molar-refractivity contribution in [1.82, 2.24) is 9.55 Å². The molecule has 0 aliphatic rings. The van der Waals surface area contributed by atoms with Crippen molar-refractivity contribution in [1.29, 1.82) is 5.26 Å². The average Bonchev–Trinajstić information content (AvgIpc) is 2.80. The zero-order chi connectivity index (χ0) is 13.2. The number of aromatic nitrogens is 2. The minimum atomic E-state index is -3.16. The van der Waals surface area contributed by atoms with E-state index in [2.05, 4.69) is 4.98 Å². The quantitative estimate of drug-likeness (QED) is 0.834. The number of hydrogen-bond acceptors (Lipinski definition) is 4. The molecule has 92 valence electrons. The Morgan fingerprint density at radius 3 is 2.78 bits per heavy atom. The van der Waals surface area contributed by atoms with E-state index in [1.54, 1.807) is 41.5 Å². The van der Waals surface area contributed by atoms with E-state index in [4.69, 9.17) is 5.26 Å². The lowest BCUT2D eigenvalue weighted by atomic mass is 10.1. The summed E-state index contributed by atoms with van der Waals surface area (Å²) in [4.78, 5) is 3.93. The van der Waals surface area contributed by atoms with Gasteiger partial charge in [-0.2, -0.15) is 5.26 Å². The monoisotopic (exact) mass is 261 g/mol. The SMILES string of the molecule is CS(=O)(=O)Cc1cc(C#N)ccc1-n1ccnc1. The molecule has 0 aliphatic heterocycles. The van der Waals surface area contributed by atoms with E-state index in [1.165, 1.54) is 6.26 Å². The maximum absolute atomic E-state index is 11.4. The maximum atomic E-state index is 11.4. The third kappa shape index (κ3) is 2.76. The lowest BCUT2D eigenvalue weighted by molar-refractivity contribution is 0.601. The van der Waals surface area contributed by atoms with Crippen molar-refractivity contribution in [3.05, 3.63) is 48.0 Å². The minimum Gasteiger partial charge on any atom is -0.306 e. The van der Waals surface area contributed by atoms with E-state index >= 15 is 0 Å². The first-order valence-corrected chi connectivity index (χ1v) is 7.25. The van der Waals surface area contributed by atoms with Gasteiger partial charge in [-0.15, -0.1) is 0 Å². The fourth-order valence-corrected chi connectivity index (χ4v) is 2.50. The molecule has 0 spiro atoms. The second-order valence-corrected chi connectivity index (χ2v) is 6.14. The topological polar surface area (TPSA) is 75.8 Å². The third-order valence-corrected chi connectivity index (χ3v) is 3.24. The fraction of sp³-hybridized carbons (Fsp3) is 0.167. The molecule has 0 fully saturated rings. The molecule has 18 heavy (non-hydrogen) atoms. The van der Waals surface area contributed by atoms with E-state index in [0.717, 1.165) is 5.69 Å². The van der Waals surface area contributed by atoms with Crippen LogP contribution >= 0.6 is 0 Å². The summed E-state index contributed by atoms with van der Waals surface area (Å²) in [5, 5.41) is 8.86. The van der Waals surface area contributed by atoms with Crippen LogP contribution in [0.25, 0.3) is 5.69 Å². The van der Waals surface area contributed by atoms with Crippen LogP contribution in [-0.4, -0.2) is 24.2 Å². The van der Waals surface area contributed by atoms with Gasteiger partial charge in [0, 0.05) is 18.6 Å². The van der Waals surface area contributed by atoms with Gasteiger partial charge in [0.2, 0.25) is 0 Å². The maximum Gasteiger partial charge on any atom is 0.151 e. The highest BCUT2D eigenvalue weighted by Crippen LogP contribution is 2.18. The zero-order valence-corrected chi connectivity index (χ0v) is 10.6. The highest BCUT2D eigenvalue weighted by Gasteiger charge is 2.11. The van der Waals surface area contributed by atoms with Gasteiger partial charge < -0.3 is 4.57 Å². The zero-order valence-electron chi connectivity index (χ0n) is 9.74. The third-order valence-electron chi connectivity index (χ3n) is 2.41. The van der Waals surface area contributed by atoms with Gasteiger partial charge in [0.25, 0.3) is 0 Å². The van der Waals surface area contributed by atoms with E-state index < -0.39 is 9.84 Å². The van der Waals surface area contributed by atoms with Gasteiger partial charge in [0.05, 0.1) is 29.4 Å². The van der Waals surface area contributed by atoms with Crippen LogP contribution in [0, 0.1) is 11.3 Å². The van der Waals surface area contributed by atoms with Crippen LogP contribution < -0.4 is 0 Å². The molecule has 0 bridgehead atoms. The number of nitrogens with zero attached hydrogens (tertiary/aromatic N) is 3. The number of benzene rings is 1. The molecule has 6 heteroatoms. The summed E-state index contributed by atoms with van der Waals surface area (Å²) in [6.45, 7) is 0. The van der Waals surface area contributed by atoms with Gasteiger partial charge in [0.15, 0.2) is 9.84 Å². The molecule has 2 rings (SSSR count).